The number of amides is 1. The van der Waals surface area contributed by atoms with Gasteiger partial charge in [0.1, 0.15) is 0 Å². The van der Waals surface area contributed by atoms with Crippen LogP contribution in [0, 0.1) is 0 Å². The van der Waals surface area contributed by atoms with E-state index in [-0.39, 0.29) is 24.9 Å². The van der Waals surface area contributed by atoms with Gasteiger partial charge in [-0.15, -0.1) is 0 Å². The van der Waals surface area contributed by atoms with Gasteiger partial charge >= 0.3 is 12.1 Å². The first-order valence-corrected chi connectivity index (χ1v) is 9.46. The summed E-state index contributed by atoms with van der Waals surface area (Å²) in [6.45, 7) is 4.70. The predicted molar refractivity (Wildman–Crippen MR) is 83.9 cm³/mol. The molecule has 136 valence electrons. The summed E-state index contributed by atoms with van der Waals surface area (Å²) in [6.07, 6.45) is -0.971. The van der Waals surface area contributed by atoms with E-state index < -0.39 is 28.7 Å². The van der Waals surface area contributed by atoms with Crippen LogP contribution in [0.15, 0.2) is 0 Å². The lowest BCUT2D eigenvalue weighted by molar-refractivity contribution is -0.220. The second-order valence-corrected chi connectivity index (χ2v) is 7.43. The quantitative estimate of drug-likeness (QED) is 0.174. The summed E-state index contributed by atoms with van der Waals surface area (Å²) in [5, 5.41) is 0. The van der Waals surface area contributed by atoms with Gasteiger partial charge in [-0.05, 0) is 27.2 Å². The van der Waals surface area contributed by atoms with Crippen molar-refractivity contribution in [3.63, 3.8) is 0 Å². The number of nitrogens with zero attached hydrogens (tertiary/aromatic N) is 1. The molecule has 0 unspecified atom stereocenters. The van der Waals surface area contributed by atoms with E-state index in [4.69, 9.17) is 9.22 Å². The third-order valence-electron chi connectivity index (χ3n) is 2.20. The van der Waals surface area contributed by atoms with Crippen LogP contribution < -0.4 is 0 Å². The Morgan fingerprint density at radius 1 is 1.22 bits per heavy atom. The molecule has 0 aromatic heterocycles. The number of hydrogen-bond donors (Lipinski definition) is 0. The van der Waals surface area contributed by atoms with Gasteiger partial charge in [-0.25, -0.2) is 27.2 Å². The fraction of sp³-hybridized carbons (Fsp3) is 0.833. The molecule has 0 aliphatic heterocycles. The molecule has 0 saturated carbocycles. The summed E-state index contributed by atoms with van der Waals surface area (Å²) in [4.78, 5) is 27.4. The second kappa shape index (κ2) is 11.5. The van der Waals surface area contributed by atoms with Gasteiger partial charge in [0.2, 0.25) is 10.0 Å². The van der Waals surface area contributed by atoms with Gasteiger partial charge in [-0.3, -0.25) is 0 Å². The zero-order valence-electron chi connectivity index (χ0n) is 13.6. The molecule has 0 N–H and O–H groups in total. The number of esters is 1. The van der Waals surface area contributed by atoms with E-state index >= 15 is 0 Å². The van der Waals surface area contributed by atoms with Crippen molar-refractivity contribution < 1.29 is 36.7 Å². The maximum absolute atomic E-state index is 11.9. The van der Waals surface area contributed by atoms with Gasteiger partial charge < -0.3 is 9.47 Å². The highest BCUT2D eigenvalue weighted by Gasteiger charge is 2.25. The zero-order valence-corrected chi connectivity index (χ0v) is 15.3. The van der Waals surface area contributed by atoms with Crippen LogP contribution in [0.25, 0.3) is 0 Å². The smallest absolute Gasteiger partial charge is 0.423 e. The van der Waals surface area contributed by atoms with E-state index in [1.807, 2.05) is 0 Å². The van der Waals surface area contributed by atoms with E-state index in [0.717, 1.165) is 19.1 Å². The third-order valence-corrected chi connectivity index (χ3v) is 4.62. The molecule has 0 heterocycles. The SMILES string of the molecule is CCOC(=O)COC(=O)N(C)S(=O)(=O)CCCSOOC(C)C. The molecule has 0 radical (unpaired) electrons. The molecule has 0 aromatic rings. The van der Waals surface area contributed by atoms with Crippen LogP contribution in [-0.4, -0.2) is 62.7 Å². The fourth-order valence-electron chi connectivity index (χ4n) is 1.11. The Morgan fingerprint density at radius 3 is 2.43 bits per heavy atom. The summed E-state index contributed by atoms with van der Waals surface area (Å²) >= 11 is 0.979. The molecule has 0 fully saturated rings. The van der Waals surface area contributed by atoms with E-state index in [2.05, 4.69) is 9.47 Å². The Morgan fingerprint density at radius 2 is 1.87 bits per heavy atom. The Kier molecular flexibility index (Phi) is 11.0. The number of carbonyl (C=O) groups excluding carboxylic acids is 2. The summed E-state index contributed by atoms with van der Waals surface area (Å²) in [7, 11) is -2.76. The zero-order chi connectivity index (χ0) is 17.9. The van der Waals surface area contributed by atoms with Gasteiger partial charge in [0, 0.05) is 24.8 Å². The molecule has 1 amide bonds. The minimum Gasteiger partial charge on any atom is -0.463 e. The van der Waals surface area contributed by atoms with Gasteiger partial charge in [-0.2, -0.15) is 4.33 Å². The first-order valence-electron chi connectivity index (χ1n) is 6.94. The topological polar surface area (TPSA) is 108 Å². The van der Waals surface area contributed by atoms with Crippen molar-refractivity contribution in [3.05, 3.63) is 0 Å². The molecule has 11 heteroatoms. The normalized spacial score (nSPS) is 11.3. The van der Waals surface area contributed by atoms with Crippen LogP contribution in [0.2, 0.25) is 0 Å². The Bertz CT molecular complexity index is 466. The van der Waals surface area contributed by atoms with Crippen molar-refractivity contribution >= 4 is 34.1 Å². The van der Waals surface area contributed by atoms with Gasteiger partial charge in [-0.1, -0.05) is 0 Å². The largest absolute Gasteiger partial charge is 0.463 e. The summed E-state index contributed by atoms with van der Waals surface area (Å²) in [6, 6.07) is 0. The first-order chi connectivity index (χ1) is 10.7. The lowest BCUT2D eigenvalue weighted by Gasteiger charge is -2.16. The molecule has 0 saturated heterocycles. The number of sulfonamides is 1. The van der Waals surface area contributed by atoms with Crippen molar-refractivity contribution in [1.29, 1.82) is 0 Å². The first kappa shape index (κ1) is 22.0. The molecule has 0 bridgehead atoms. The molecular weight excluding hydrogens is 350 g/mol. The average molecular weight is 373 g/mol. The minimum atomic E-state index is -3.83. The van der Waals surface area contributed by atoms with Crippen LogP contribution in [-0.2, 0) is 33.5 Å². The molecule has 0 aliphatic rings. The van der Waals surface area contributed by atoms with E-state index in [0.29, 0.717) is 10.1 Å². The molecular formula is C12H23NO8S2. The molecule has 0 aromatic carbocycles. The van der Waals surface area contributed by atoms with Crippen LogP contribution >= 0.6 is 12.0 Å². The van der Waals surface area contributed by atoms with Crippen LogP contribution in [0.3, 0.4) is 0 Å². The molecule has 23 heavy (non-hydrogen) atoms. The number of hydrogen-bond acceptors (Lipinski definition) is 9. The van der Waals surface area contributed by atoms with Gasteiger partial charge in [0.15, 0.2) is 6.61 Å². The van der Waals surface area contributed by atoms with Crippen LogP contribution in [0.1, 0.15) is 27.2 Å². The number of rotatable bonds is 11. The highest BCUT2D eigenvalue weighted by atomic mass is 32.2. The molecule has 9 nitrogen and oxygen atoms in total. The summed E-state index contributed by atoms with van der Waals surface area (Å²) in [5.41, 5.74) is 0. The van der Waals surface area contributed by atoms with Crippen molar-refractivity contribution in [2.45, 2.75) is 33.3 Å². The average Bonchev–Trinajstić information content (AvgIpc) is 2.47. The van der Waals surface area contributed by atoms with Gasteiger partial charge in [0.05, 0.1) is 18.5 Å². The van der Waals surface area contributed by atoms with Gasteiger partial charge in [0.25, 0.3) is 0 Å². The van der Waals surface area contributed by atoms with E-state index in [1.165, 1.54) is 0 Å². The number of ether oxygens (including phenoxy) is 2. The molecule has 0 rings (SSSR count). The predicted octanol–water partition coefficient (Wildman–Crippen LogP) is 1.34. The minimum absolute atomic E-state index is 0.0912. The molecule has 0 aliphatic carbocycles. The van der Waals surface area contributed by atoms with E-state index in [1.54, 1.807) is 20.8 Å². The van der Waals surface area contributed by atoms with Crippen LogP contribution in [0.4, 0.5) is 4.79 Å². The highest BCUT2D eigenvalue weighted by molar-refractivity contribution is 7.94. The molecule has 0 spiro atoms. The van der Waals surface area contributed by atoms with Crippen LogP contribution in [0.5, 0.6) is 0 Å². The highest BCUT2D eigenvalue weighted by Crippen LogP contribution is 2.10. The standard InChI is InChI=1S/C12H23NO8S2/c1-5-18-11(14)9-19-12(15)13(4)23(16,17)8-6-7-22-21-20-10(2)3/h10H,5-9H2,1-4H3. The van der Waals surface area contributed by atoms with Crippen molar-refractivity contribution in [2.24, 2.45) is 0 Å². The monoisotopic (exact) mass is 373 g/mol. The Balaban J connectivity index is 4.10. The Labute approximate surface area is 140 Å². The maximum atomic E-state index is 11.9. The number of carbonyl (C=O) groups is 2. The van der Waals surface area contributed by atoms with Crippen molar-refractivity contribution in [1.82, 2.24) is 4.31 Å². The Hall–Kier alpha value is -1.04. The summed E-state index contributed by atoms with van der Waals surface area (Å²) in [5.74, 6) is -0.640. The third kappa shape index (κ3) is 10.4. The summed E-state index contributed by atoms with van der Waals surface area (Å²) < 4.78 is 38.2. The lowest BCUT2D eigenvalue weighted by atomic mass is 10.5. The molecule has 0 atom stereocenters. The fourth-order valence-corrected chi connectivity index (χ4v) is 2.89. The second-order valence-electron chi connectivity index (χ2n) is 4.53. The van der Waals surface area contributed by atoms with E-state index in [9.17, 15) is 18.0 Å². The maximum Gasteiger partial charge on any atom is 0.423 e. The lowest BCUT2D eigenvalue weighted by Crippen LogP contribution is -2.36. The van der Waals surface area contributed by atoms with Crippen molar-refractivity contribution in [2.75, 3.05) is 31.8 Å². The van der Waals surface area contributed by atoms with Crippen molar-refractivity contribution in [3.8, 4) is 0 Å².